The van der Waals surface area contributed by atoms with Crippen LogP contribution in [-0.4, -0.2) is 10.8 Å². The molecule has 22 heavy (non-hydrogen) atoms. The first-order valence-electron chi connectivity index (χ1n) is 6.89. The van der Waals surface area contributed by atoms with Crippen LogP contribution in [0.2, 0.25) is 5.02 Å². The predicted molar refractivity (Wildman–Crippen MR) is 83.1 cm³/mol. The molecule has 1 unspecified atom stereocenters. The van der Waals surface area contributed by atoms with Crippen LogP contribution in [0.5, 0.6) is 0 Å². The maximum atomic E-state index is 12.4. The zero-order valence-corrected chi connectivity index (χ0v) is 12.3. The standard InChI is InChI=1S/C16H13ClN2O3/c17-14-7-6-11(19(21)22)9-13(14)16(20)18-15-8-5-10-3-1-2-4-12(10)15/h1-4,6-7,9,15H,5,8H2,(H,18,20). The van der Waals surface area contributed by atoms with Crippen molar-refractivity contribution >= 4 is 23.2 Å². The summed E-state index contributed by atoms with van der Waals surface area (Å²) in [6.07, 6.45) is 1.72. The molecule has 112 valence electrons. The third-order valence-electron chi connectivity index (χ3n) is 3.84. The van der Waals surface area contributed by atoms with Gasteiger partial charge in [-0.25, -0.2) is 0 Å². The van der Waals surface area contributed by atoms with Gasteiger partial charge in [0.25, 0.3) is 11.6 Å². The Bertz CT molecular complexity index is 761. The van der Waals surface area contributed by atoms with Gasteiger partial charge < -0.3 is 5.32 Å². The topological polar surface area (TPSA) is 72.2 Å². The summed E-state index contributed by atoms with van der Waals surface area (Å²) >= 11 is 6.00. The molecule has 1 aliphatic rings. The van der Waals surface area contributed by atoms with Gasteiger partial charge >= 0.3 is 0 Å². The lowest BCUT2D eigenvalue weighted by Crippen LogP contribution is -2.27. The third kappa shape index (κ3) is 2.67. The molecule has 0 fully saturated rings. The average molecular weight is 317 g/mol. The van der Waals surface area contributed by atoms with Crippen molar-refractivity contribution in [3.05, 3.63) is 74.3 Å². The third-order valence-corrected chi connectivity index (χ3v) is 4.17. The van der Waals surface area contributed by atoms with Crippen molar-refractivity contribution in [2.24, 2.45) is 0 Å². The number of rotatable bonds is 3. The molecule has 2 aromatic rings. The molecular formula is C16H13ClN2O3. The van der Waals surface area contributed by atoms with Crippen molar-refractivity contribution in [1.29, 1.82) is 0 Å². The summed E-state index contributed by atoms with van der Waals surface area (Å²) in [5, 5.41) is 13.9. The summed E-state index contributed by atoms with van der Waals surface area (Å²) in [6.45, 7) is 0. The quantitative estimate of drug-likeness (QED) is 0.693. The van der Waals surface area contributed by atoms with Gasteiger partial charge in [0.15, 0.2) is 0 Å². The molecule has 1 amide bonds. The average Bonchev–Trinajstić information content (AvgIpc) is 2.90. The van der Waals surface area contributed by atoms with Crippen molar-refractivity contribution < 1.29 is 9.72 Å². The highest BCUT2D eigenvalue weighted by atomic mass is 35.5. The Hall–Kier alpha value is -2.40. The number of hydrogen-bond donors (Lipinski definition) is 1. The Labute approximate surface area is 132 Å². The number of fused-ring (bicyclic) bond motifs is 1. The number of carbonyl (C=O) groups is 1. The summed E-state index contributed by atoms with van der Waals surface area (Å²) in [5.74, 6) is -0.393. The number of nitrogens with one attached hydrogen (secondary N) is 1. The van der Waals surface area contributed by atoms with E-state index in [9.17, 15) is 14.9 Å². The second-order valence-corrected chi connectivity index (χ2v) is 5.59. The van der Waals surface area contributed by atoms with Gasteiger partial charge in [0.2, 0.25) is 0 Å². The highest BCUT2D eigenvalue weighted by Gasteiger charge is 2.25. The fourth-order valence-corrected chi connectivity index (χ4v) is 2.95. The van der Waals surface area contributed by atoms with Gasteiger partial charge in [-0.2, -0.15) is 0 Å². The zero-order chi connectivity index (χ0) is 15.7. The van der Waals surface area contributed by atoms with Crippen LogP contribution in [0.15, 0.2) is 42.5 Å². The smallest absolute Gasteiger partial charge is 0.270 e. The molecule has 0 saturated heterocycles. The summed E-state index contributed by atoms with van der Waals surface area (Å²) in [5.41, 5.74) is 2.29. The molecule has 0 saturated carbocycles. The normalized spacial score (nSPS) is 16.1. The number of aryl methyl sites for hydroxylation is 1. The lowest BCUT2D eigenvalue weighted by molar-refractivity contribution is -0.384. The fraction of sp³-hybridized carbons (Fsp3) is 0.188. The molecule has 1 atom stereocenters. The van der Waals surface area contributed by atoms with Crippen LogP contribution >= 0.6 is 11.6 Å². The van der Waals surface area contributed by atoms with Crippen LogP contribution in [0.3, 0.4) is 0 Å². The van der Waals surface area contributed by atoms with E-state index < -0.39 is 10.8 Å². The molecule has 0 heterocycles. The van der Waals surface area contributed by atoms with Gasteiger partial charge in [-0.3, -0.25) is 14.9 Å². The van der Waals surface area contributed by atoms with Gasteiger partial charge in [-0.1, -0.05) is 35.9 Å². The first-order valence-corrected chi connectivity index (χ1v) is 7.26. The maximum absolute atomic E-state index is 12.4. The minimum atomic E-state index is -0.544. The van der Waals surface area contributed by atoms with Crippen LogP contribution < -0.4 is 5.32 Å². The highest BCUT2D eigenvalue weighted by molar-refractivity contribution is 6.34. The minimum Gasteiger partial charge on any atom is -0.345 e. The van der Waals surface area contributed by atoms with E-state index >= 15 is 0 Å². The lowest BCUT2D eigenvalue weighted by Gasteiger charge is -2.14. The van der Waals surface area contributed by atoms with Crippen molar-refractivity contribution in [1.82, 2.24) is 5.32 Å². The molecule has 6 heteroatoms. The van der Waals surface area contributed by atoms with Crippen LogP contribution in [0.4, 0.5) is 5.69 Å². The van der Waals surface area contributed by atoms with Crippen molar-refractivity contribution in [3.8, 4) is 0 Å². The second-order valence-electron chi connectivity index (χ2n) is 5.18. The van der Waals surface area contributed by atoms with Gasteiger partial charge in [0.1, 0.15) is 0 Å². The van der Waals surface area contributed by atoms with Crippen LogP contribution in [0.25, 0.3) is 0 Å². The summed E-state index contributed by atoms with van der Waals surface area (Å²) < 4.78 is 0. The largest absolute Gasteiger partial charge is 0.345 e. The van der Waals surface area contributed by atoms with Crippen molar-refractivity contribution in [2.45, 2.75) is 18.9 Å². The number of nitro benzene ring substituents is 1. The van der Waals surface area contributed by atoms with Gasteiger partial charge in [-0.05, 0) is 30.0 Å². The Morgan fingerprint density at radius 3 is 2.82 bits per heavy atom. The molecule has 0 aliphatic heterocycles. The molecule has 5 nitrogen and oxygen atoms in total. The molecule has 1 N–H and O–H groups in total. The van der Waals surface area contributed by atoms with Gasteiger partial charge in [-0.15, -0.1) is 0 Å². The van der Waals surface area contributed by atoms with E-state index in [0.717, 1.165) is 18.4 Å². The van der Waals surface area contributed by atoms with Crippen molar-refractivity contribution in [2.75, 3.05) is 0 Å². The Morgan fingerprint density at radius 2 is 2.05 bits per heavy atom. The monoisotopic (exact) mass is 316 g/mol. The minimum absolute atomic E-state index is 0.0842. The molecule has 3 rings (SSSR count). The zero-order valence-electron chi connectivity index (χ0n) is 11.6. The molecule has 0 aromatic heterocycles. The van der Waals surface area contributed by atoms with E-state index in [0.29, 0.717) is 0 Å². The van der Waals surface area contributed by atoms with E-state index in [2.05, 4.69) is 5.32 Å². The predicted octanol–water partition coefficient (Wildman–Crippen LogP) is 3.67. The highest BCUT2D eigenvalue weighted by Crippen LogP contribution is 2.31. The molecule has 1 aliphatic carbocycles. The van der Waals surface area contributed by atoms with E-state index in [4.69, 9.17) is 11.6 Å². The van der Waals surface area contributed by atoms with Crippen molar-refractivity contribution in [3.63, 3.8) is 0 Å². The number of carbonyl (C=O) groups excluding carboxylic acids is 1. The van der Waals surface area contributed by atoms with E-state index in [1.165, 1.54) is 23.8 Å². The number of benzene rings is 2. The van der Waals surface area contributed by atoms with Crippen LogP contribution in [-0.2, 0) is 6.42 Å². The number of hydrogen-bond acceptors (Lipinski definition) is 3. The van der Waals surface area contributed by atoms with Gasteiger partial charge in [0.05, 0.1) is 21.6 Å². The molecule has 0 radical (unpaired) electrons. The second kappa shape index (κ2) is 5.77. The Morgan fingerprint density at radius 1 is 1.27 bits per heavy atom. The van der Waals surface area contributed by atoms with Crippen LogP contribution in [0, 0.1) is 10.1 Å². The molecular weight excluding hydrogens is 304 g/mol. The summed E-state index contributed by atoms with van der Waals surface area (Å²) in [4.78, 5) is 22.7. The SMILES string of the molecule is O=C(NC1CCc2ccccc21)c1cc([N+](=O)[O-])ccc1Cl. The first-order chi connectivity index (χ1) is 10.6. The molecule has 0 spiro atoms. The number of nitro groups is 1. The number of nitrogens with zero attached hydrogens (tertiary/aromatic N) is 1. The number of amides is 1. The van der Waals surface area contributed by atoms with Crippen LogP contribution in [0.1, 0.15) is 33.9 Å². The van der Waals surface area contributed by atoms with E-state index in [-0.39, 0.29) is 22.3 Å². The van der Waals surface area contributed by atoms with E-state index in [1.54, 1.807) is 0 Å². The summed E-state index contributed by atoms with van der Waals surface area (Å²) in [7, 11) is 0. The Kier molecular flexibility index (Phi) is 3.81. The fourth-order valence-electron chi connectivity index (χ4n) is 2.74. The molecule has 0 bridgehead atoms. The number of halogens is 1. The van der Waals surface area contributed by atoms with E-state index in [1.807, 2.05) is 24.3 Å². The van der Waals surface area contributed by atoms with Gasteiger partial charge in [0, 0.05) is 12.1 Å². The molecule has 2 aromatic carbocycles. The Balaban J connectivity index is 1.84. The number of non-ortho nitro benzene ring substituents is 1. The first kappa shape index (κ1) is 14.5. The summed E-state index contributed by atoms with van der Waals surface area (Å²) in [6, 6.07) is 11.7. The maximum Gasteiger partial charge on any atom is 0.270 e. The lowest BCUT2D eigenvalue weighted by atomic mass is 10.1.